The number of nitrogens with zero attached hydrogens (tertiary/aromatic N) is 7. The fourth-order valence-electron chi connectivity index (χ4n) is 6.19. The molecule has 13 heteroatoms. The van der Waals surface area contributed by atoms with Crippen LogP contribution in [-0.2, 0) is 11.3 Å². The van der Waals surface area contributed by atoms with Crippen molar-refractivity contribution in [3.8, 4) is 10.4 Å². The molecule has 2 N–H and O–H groups in total. The number of thiazole rings is 2. The van der Waals surface area contributed by atoms with Crippen LogP contribution in [0.3, 0.4) is 0 Å². The number of rotatable bonds is 12. The summed E-state index contributed by atoms with van der Waals surface area (Å²) in [5, 5.41) is 28.3. The van der Waals surface area contributed by atoms with Crippen molar-refractivity contribution in [1.29, 1.82) is 0 Å². The van der Waals surface area contributed by atoms with Crippen LogP contribution in [-0.4, -0.2) is 61.8 Å². The van der Waals surface area contributed by atoms with Gasteiger partial charge in [0.15, 0.2) is 27.6 Å². The first-order valence-electron chi connectivity index (χ1n) is 15.2. The lowest BCUT2D eigenvalue weighted by Gasteiger charge is -2.37. The molecule has 45 heavy (non-hydrogen) atoms. The molecule has 0 bridgehead atoms. The predicted molar refractivity (Wildman–Crippen MR) is 179 cm³/mol. The number of hydrogen-bond acceptors (Lipinski definition) is 11. The average Bonchev–Trinajstić information content (AvgIpc) is 3.75. The largest absolute Gasteiger partial charge is 0.476 e. The van der Waals surface area contributed by atoms with Gasteiger partial charge in [-0.2, -0.15) is 5.10 Å². The molecule has 1 aromatic carbocycles. The van der Waals surface area contributed by atoms with Crippen molar-refractivity contribution in [2.24, 2.45) is 5.41 Å². The number of ether oxygens (including phenoxy) is 1. The van der Waals surface area contributed by atoms with Gasteiger partial charge in [-0.3, -0.25) is 4.68 Å². The van der Waals surface area contributed by atoms with E-state index in [1.807, 2.05) is 51.2 Å². The Labute approximate surface area is 270 Å². The molecule has 0 unspecified atom stereocenters. The monoisotopic (exact) mass is 646 g/mol. The van der Waals surface area contributed by atoms with Crippen LogP contribution in [0.4, 0.5) is 21.9 Å². The van der Waals surface area contributed by atoms with Crippen molar-refractivity contribution in [1.82, 2.24) is 29.9 Å². The van der Waals surface area contributed by atoms with E-state index in [2.05, 4.69) is 30.2 Å². The van der Waals surface area contributed by atoms with Gasteiger partial charge in [-0.1, -0.05) is 54.1 Å². The highest BCUT2D eigenvalue weighted by Gasteiger charge is 2.33. The average molecular weight is 647 g/mol. The molecule has 1 aliphatic carbocycles. The SMILES string of the molecule is COCCCC1(Cn2ncc(-c3sc(N(C)c4cc(C)c(Nc5nc6ccccc6s5)nn4)nc3C(=O)O)c2C)CCCCC1. The summed E-state index contributed by atoms with van der Waals surface area (Å²) in [4.78, 5) is 23.9. The Balaban J connectivity index is 1.24. The third kappa shape index (κ3) is 6.56. The lowest BCUT2D eigenvalue weighted by atomic mass is 9.71. The quantitative estimate of drug-likeness (QED) is 0.131. The van der Waals surface area contributed by atoms with Gasteiger partial charge in [0, 0.05) is 38.6 Å². The van der Waals surface area contributed by atoms with Gasteiger partial charge >= 0.3 is 5.97 Å². The predicted octanol–water partition coefficient (Wildman–Crippen LogP) is 7.61. The Morgan fingerprint density at radius 2 is 1.93 bits per heavy atom. The maximum absolute atomic E-state index is 12.4. The molecule has 11 nitrogen and oxygen atoms in total. The third-order valence-corrected chi connectivity index (χ3v) is 10.9. The highest BCUT2D eigenvalue weighted by molar-refractivity contribution is 7.22. The van der Waals surface area contributed by atoms with Gasteiger partial charge in [0.2, 0.25) is 0 Å². The molecule has 236 valence electrons. The van der Waals surface area contributed by atoms with Gasteiger partial charge in [-0.15, -0.1) is 10.2 Å². The minimum atomic E-state index is -1.07. The van der Waals surface area contributed by atoms with Crippen LogP contribution in [0.5, 0.6) is 0 Å². The third-order valence-electron chi connectivity index (χ3n) is 8.74. The van der Waals surface area contributed by atoms with Crippen molar-refractivity contribution in [2.45, 2.75) is 65.3 Å². The minimum Gasteiger partial charge on any atom is -0.476 e. The number of carboxylic acid groups (broad SMARTS) is 1. The van der Waals surface area contributed by atoms with Gasteiger partial charge < -0.3 is 20.1 Å². The van der Waals surface area contributed by atoms with E-state index in [9.17, 15) is 9.90 Å². The van der Waals surface area contributed by atoms with Gasteiger partial charge in [0.1, 0.15) is 0 Å². The zero-order valence-electron chi connectivity index (χ0n) is 26.0. The van der Waals surface area contributed by atoms with Crippen LogP contribution in [0.15, 0.2) is 36.5 Å². The van der Waals surface area contributed by atoms with Crippen molar-refractivity contribution >= 4 is 60.8 Å². The minimum absolute atomic E-state index is 0.00998. The number of aromatic nitrogens is 6. The molecule has 1 saturated carbocycles. The van der Waals surface area contributed by atoms with E-state index in [0.717, 1.165) is 58.2 Å². The summed E-state index contributed by atoms with van der Waals surface area (Å²) in [7, 11) is 3.57. The smallest absolute Gasteiger partial charge is 0.356 e. The molecule has 1 aliphatic rings. The molecule has 0 aliphatic heterocycles. The van der Waals surface area contributed by atoms with Crippen LogP contribution >= 0.6 is 22.7 Å². The zero-order chi connectivity index (χ0) is 31.6. The number of aryl methyl sites for hydroxylation is 1. The Bertz CT molecular complexity index is 1770. The van der Waals surface area contributed by atoms with E-state index in [1.54, 1.807) is 29.5 Å². The van der Waals surface area contributed by atoms with E-state index >= 15 is 0 Å². The molecule has 1 fully saturated rings. The van der Waals surface area contributed by atoms with Crippen LogP contribution in [0.25, 0.3) is 20.7 Å². The summed E-state index contributed by atoms with van der Waals surface area (Å²) in [6.45, 7) is 5.55. The maximum Gasteiger partial charge on any atom is 0.356 e. The molecule has 0 atom stereocenters. The number of hydrogen-bond donors (Lipinski definition) is 2. The number of nitrogens with one attached hydrogen (secondary N) is 1. The molecule has 0 spiro atoms. The molecule has 5 aromatic rings. The molecule has 6 rings (SSSR count). The Kier molecular flexibility index (Phi) is 9.11. The Hall–Kier alpha value is -3.94. The summed E-state index contributed by atoms with van der Waals surface area (Å²) >= 11 is 2.87. The van der Waals surface area contributed by atoms with E-state index in [1.165, 1.54) is 43.4 Å². The number of aromatic carboxylic acids is 1. The molecule has 4 heterocycles. The van der Waals surface area contributed by atoms with E-state index in [-0.39, 0.29) is 11.1 Å². The summed E-state index contributed by atoms with van der Waals surface area (Å²) in [6, 6.07) is 9.87. The second kappa shape index (κ2) is 13.2. The number of benzene rings is 1. The fraction of sp³-hybridized carbons (Fsp3) is 0.438. The zero-order valence-corrected chi connectivity index (χ0v) is 27.7. The van der Waals surface area contributed by atoms with Crippen LogP contribution in [0.2, 0.25) is 0 Å². The van der Waals surface area contributed by atoms with Crippen LogP contribution < -0.4 is 10.2 Å². The molecule has 4 aromatic heterocycles. The molecule has 0 saturated heterocycles. The van der Waals surface area contributed by atoms with Gasteiger partial charge in [-0.25, -0.2) is 14.8 Å². The van der Waals surface area contributed by atoms with Crippen LogP contribution in [0.1, 0.15) is 66.7 Å². The van der Waals surface area contributed by atoms with Gasteiger partial charge in [0.05, 0.1) is 21.3 Å². The van der Waals surface area contributed by atoms with E-state index in [4.69, 9.17) is 9.84 Å². The Morgan fingerprint density at radius 3 is 2.67 bits per heavy atom. The van der Waals surface area contributed by atoms with Crippen molar-refractivity contribution in [2.75, 3.05) is 31.0 Å². The van der Waals surface area contributed by atoms with E-state index in [0.29, 0.717) is 21.6 Å². The first-order valence-corrected chi connectivity index (χ1v) is 16.9. The number of carbonyl (C=O) groups is 1. The number of para-hydroxylation sites is 1. The second-order valence-electron chi connectivity index (χ2n) is 11.8. The molecular formula is C32H38N8O3S2. The highest BCUT2D eigenvalue weighted by atomic mass is 32.1. The number of fused-ring (bicyclic) bond motifs is 1. The van der Waals surface area contributed by atoms with Crippen molar-refractivity contribution in [3.63, 3.8) is 0 Å². The summed E-state index contributed by atoms with van der Waals surface area (Å²) < 4.78 is 8.50. The van der Waals surface area contributed by atoms with Crippen LogP contribution in [0, 0.1) is 19.3 Å². The van der Waals surface area contributed by atoms with Gasteiger partial charge in [0.25, 0.3) is 0 Å². The first-order chi connectivity index (χ1) is 21.8. The maximum atomic E-state index is 12.4. The van der Waals surface area contributed by atoms with Crippen molar-refractivity contribution in [3.05, 3.63) is 53.5 Å². The molecular weight excluding hydrogens is 609 g/mol. The molecule has 0 radical (unpaired) electrons. The summed E-state index contributed by atoms with van der Waals surface area (Å²) in [6.07, 6.45) is 10.0. The fourth-order valence-corrected chi connectivity index (χ4v) is 8.15. The van der Waals surface area contributed by atoms with Gasteiger partial charge in [-0.05, 0) is 68.7 Å². The lowest BCUT2D eigenvalue weighted by molar-refractivity contribution is 0.0692. The number of carboxylic acids is 1. The van der Waals surface area contributed by atoms with E-state index < -0.39 is 5.97 Å². The summed E-state index contributed by atoms with van der Waals surface area (Å²) in [5.74, 6) is 0.0922. The van der Waals surface area contributed by atoms with Crippen molar-refractivity contribution < 1.29 is 14.6 Å². The topological polar surface area (TPSA) is 131 Å². The number of methoxy groups -OCH3 is 1. The molecule has 0 amide bonds. The Morgan fingerprint density at radius 1 is 1.13 bits per heavy atom. The normalized spacial score (nSPS) is 14.6. The first kappa shape index (κ1) is 31.1. The standard InChI is InChI=1S/C32H38N8O3S2/c1-20-17-25(37-38-28(20)36-30-34-23-11-6-7-12-24(23)44-30)39(3)31-35-26(29(41)42)27(45-31)22-18-33-40(21(22)2)19-32(15-10-16-43-4)13-8-5-9-14-32/h6-7,11-12,17-18H,5,8-10,13-16,19H2,1-4H3,(H,41,42)(H,34,36,38). The lowest BCUT2D eigenvalue weighted by Crippen LogP contribution is -2.31. The second-order valence-corrected chi connectivity index (χ2v) is 13.9. The number of anilines is 4. The highest BCUT2D eigenvalue weighted by Crippen LogP contribution is 2.43. The summed E-state index contributed by atoms with van der Waals surface area (Å²) in [5.41, 5.74) is 3.75.